The van der Waals surface area contributed by atoms with Crippen molar-refractivity contribution >= 4 is 22.2 Å². The van der Waals surface area contributed by atoms with Crippen LogP contribution in [0.25, 0.3) is 56.1 Å². The van der Waals surface area contributed by atoms with E-state index < -0.39 is 0 Å². The number of nitrogens with one attached hydrogen (secondary N) is 3. The highest BCUT2D eigenvalue weighted by Gasteiger charge is 2.17. The van der Waals surface area contributed by atoms with Gasteiger partial charge >= 0.3 is 0 Å². The van der Waals surface area contributed by atoms with Gasteiger partial charge in [-0.2, -0.15) is 5.10 Å². The highest BCUT2D eigenvalue weighted by atomic mass is 15.2. The fraction of sp³-hybridized carbons (Fsp3) is 0.0938. The molecule has 0 aliphatic heterocycles. The Morgan fingerprint density at radius 3 is 2.60 bits per heavy atom. The molecule has 3 N–H and O–H groups in total. The lowest BCUT2D eigenvalue weighted by Crippen LogP contribution is -2.12. The molecule has 0 bridgehead atoms. The van der Waals surface area contributed by atoms with Crippen LogP contribution in [0.15, 0.2) is 97.5 Å². The number of aryl methyl sites for hydroxylation is 1. The number of aromatic nitrogens is 7. The number of H-pyrrole nitrogens is 2. The summed E-state index contributed by atoms with van der Waals surface area (Å²) in [4.78, 5) is 22.2. The maximum atomic E-state index is 4.98. The van der Waals surface area contributed by atoms with Crippen LogP contribution in [0.5, 0.6) is 0 Å². The number of pyridine rings is 3. The fourth-order valence-electron chi connectivity index (χ4n) is 4.97. The maximum Gasteiger partial charge on any atom is 0.178 e. The van der Waals surface area contributed by atoms with E-state index >= 15 is 0 Å². The molecule has 0 saturated carbocycles. The van der Waals surface area contributed by atoms with Gasteiger partial charge in [0.15, 0.2) is 17.2 Å². The average molecular weight is 523 g/mol. The number of imidazole rings is 1. The first-order valence-electron chi connectivity index (χ1n) is 13.2. The zero-order chi connectivity index (χ0) is 26.9. The third-order valence-electron chi connectivity index (χ3n) is 6.94. The van der Waals surface area contributed by atoms with Gasteiger partial charge in [-0.15, -0.1) is 0 Å². The van der Waals surface area contributed by atoms with Crippen molar-refractivity contribution in [1.82, 2.24) is 40.4 Å². The van der Waals surface area contributed by atoms with E-state index in [9.17, 15) is 0 Å². The molecule has 5 heterocycles. The van der Waals surface area contributed by atoms with Crippen molar-refractivity contribution in [2.75, 3.05) is 0 Å². The lowest BCUT2D eigenvalue weighted by Gasteiger charge is -2.07. The Morgan fingerprint density at radius 1 is 0.800 bits per heavy atom. The third-order valence-corrected chi connectivity index (χ3v) is 6.94. The average Bonchev–Trinajstić information content (AvgIpc) is 3.62. The summed E-state index contributed by atoms with van der Waals surface area (Å²) in [5.41, 5.74) is 11.2. The SMILES string of the molecule is Cc1cccc(-c2ccnc3nc(-c4n[nH]c5ccc(-c6cncc(CNCc7ccccc7)c6)nc45)[nH]c23)c1. The van der Waals surface area contributed by atoms with Crippen molar-refractivity contribution in [3.63, 3.8) is 0 Å². The summed E-state index contributed by atoms with van der Waals surface area (Å²) in [6.07, 6.45) is 5.52. The van der Waals surface area contributed by atoms with Gasteiger partial charge in [0.25, 0.3) is 0 Å². The Balaban J connectivity index is 1.20. The Hall–Kier alpha value is -5.21. The van der Waals surface area contributed by atoms with Crippen LogP contribution in [-0.4, -0.2) is 35.1 Å². The Labute approximate surface area is 230 Å². The van der Waals surface area contributed by atoms with Crippen LogP contribution < -0.4 is 5.32 Å². The molecule has 2 aromatic carbocycles. The van der Waals surface area contributed by atoms with Gasteiger partial charge in [0.1, 0.15) is 5.52 Å². The summed E-state index contributed by atoms with van der Waals surface area (Å²) >= 11 is 0. The summed E-state index contributed by atoms with van der Waals surface area (Å²) in [5, 5.41) is 11.2. The van der Waals surface area contributed by atoms with Crippen LogP contribution in [0.2, 0.25) is 0 Å². The van der Waals surface area contributed by atoms with Crippen molar-refractivity contribution in [2.45, 2.75) is 20.0 Å². The molecule has 8 nitrogen and oxygen atoms in total. The fourth-order valence-corrected chi connectivity index (χ4v) is 4.97. The molecule has 5 aromatic heterocycles. The number of hydrogen-bond donors (Lipinski definition) is 3. The van der Waals surface area contributed by atoms with E-state index in [0.717, 1.165) is 51.0 Å². The first-order chi connectivity index (χ1) is 19.7. The molecule has 0 atom stereocenters. The van der Waals surface area contributed by atoms with Crippen LogP contribution in [0, 0.1) is 6.92 Å². The molecule has 0 saturated heterocycles. The van der Waals surface area contributed by atoms with Crippen LogP contribution in [-0.2, 0) is 13.1 Å². The van der Waals surface area contributed by atoms with Gasteiger partial charge in [0, 0.05) is 42.8 Å². The number of rotatable bonds is 7. The van der Waals surface area contributed by atoms with Crippen LogP contribution in [0.1, 0.15) is 16.7 Å². The zero-order valence-electron chi connectivity index (χ0n) is 21.9. The molecule has 194 valence electrons. The van der Waals surface area contributed by atoms with E-state index in [1.54, 1.807) is 6.20 Å². The summed E-state index contributed by atoms with van der Waals surface area (Å²) in [7, 11) is 0. The molecule has 8 heteroatoms. The lowest BCUT2D eigenvalue weighted by molar-refractivity contribution is 0.691. The molecular formula is C32H26N8. The minimum Gasteiger partial charge on any atom is -0.335 e. The second-order valence-corrected chi connectivity index (χ2v) is 9.85. The molecule has 0 amide bonds. The molecule has 7 aromatic rings. The van der Waals surface area contributed by atoms with E-state index in [1.807, 2.05) is 36.7 Å². The van der Waals surface area contributed by atoms with Gasteiger partial charge in [-0.25, -0.2) is 15.0 Å². The smallest absolute Gasteiger partial charge is 0.178 e. The minimum atomic E-state index is 0.621. The molecule has 0 radical (unpaired) electrons. The third kappa shape index (κ3) is 4.61. The van der Waals surface area contributed by atoms with E-state index in [1.165, 1.54) is 11.1 Å². The molecule has 0 spiro atoms. The second-order valence-electron chi connectivity index (χ2n) is 9.85. The van der Waals surface area contributed by atoms with Gasteiger partial charge in [0.2, 0.25) is 0 Å². The summed E-state index contributed by atoms with van der Waals surface area (Å²) in [6, 6.07) is 26.9. The first kappa shape index (κ1) is 23.9. The van der Waals surface area contributed by atoms with Crippen LogP contribution >= 0.6 is 0 Å². The molecule has 0 unspecified atom stereocenters. The quantitative estimate of drug-likeness (QED) is 0.229. The normalized spacial score (nSPS) is 11.4. The molecule has 40 heavy (non-hydrogen) atoms. The number of fused-ring (bicyclic) bond motifs is 2. The molecule has 7 rings (SSSR count). The number of benzene rings is 2. The number of nitrogens with zero attached hydrogens (tertiary/aromatic N) is 5. The highest BCUT2D eigenvalue weighted by Crippen LogP contribution is 2.31. The number of hydrogen-bond acceptors (Lipinski definition) is 6. The van der Waals surface area contributed by atoms with Crippen LogP contribution in [0.3, 0.4) is 0 Å². The first-order valence-corrected chi connectivity index (χ1v) is 13.2. The van der Waals surface area contributed by atoms with E-state index in [-0.39, 0.29) is 0 Å². The van der Waals surface area contributed by atoms with Crippen LogP contribution in [0.4, 0.5) is 0 Å². The van der Waals surface area contributed by atoms with E-state index in [4.69, 9.17) is 9.97 Å². The van der Waals surface area contributed by atoms with Crippen molar-refractivity contribution < 1.29 is 0 Å². The van der Waals surface area contributed by atoms with Crippen molar-refractivity contribution in [3.8, 4) is 33.9 Å². The summed E-state index contributed by atoms with van der Waals surface area (Å²) < 4.78 is 0. The van der Waals surface area contributed by atoms with Crippen molar-refractivity contribution in [2.24, 2.45) is 0 Å². The lowest BCUT2D eigenvalue weighted by atomic mass is 10.0. The second kappa shape index (κ2) is 10.2. The number of aromatic amines is 2. The summed E-state index contributed by atoms with van der Waals surface area (Å²) in [6.45, 7) is 3.60. The molecule has 0 aliphatic carbocycles. The molecular weight excluding hydrogens is 496 g/mol. The van der Waals surface area contributed by atoms with E-state index in [2.05, 4.69) is 92.0 Å². The molecule has 0 aliphatic rings. The van der Waals surface area contributed by atoms with E-state index in [0.29, 0.717) is 23.7 Å². The standard InChI is InChI=1S/C32H26N8/c1-20-6-5-9-23(14-20)25-12-13-35-31-28(25)37-32(38-31)30-29-27(39-40-30)11-10-26(36-29)24-15-22(18-34-19-24)17-33-16-21-7-3-2-4-8-21/h2-15,18-19,33H,16-17H2,1H3,(H,39,40)(H,35,37,38). The monoisotopic (exact) mass is 522 g/mol. The van der Waals surface area contributed by atoms with Gasteiger partial charge in [0.05, 0.1) is 16.7 Å². The molecule has 0 fully saturated rings. The van der Waals surface area contributed by atoms with Crippen molar-refractivity contribution in [3.05, 3.63) is 114 Å². The minimum absolute atomic E-state index is 0.621. The Kier molecular flexibility index (Phi) is 6.07. The predicted octanol–water partition coefficient (Wildman–Crippen LogP) is 6.22. The zero-order valence-corrected chi connectivity index (χ0v) is 21.9. The van der Waals surface area contributed by atoms with Gasteiger partial charge in [-0.1, -0.05) is 60.2 Å². The van der Waals surface area contributed by atoms with Crippen molar-refractivity contribution in [1.29, 1.82) is 0 Å². The Bertz CT molecular complexity index is 1960. The highest BCUT2D eigenvalue weighted by molar-refractivity contribution is 5.95. The van der Waals surface area contributed by atoms with Gasteiger partial charge in [-0.05, 0) is 47.9 Å². The van der Waals surface area contributed by atoms with Gasteiger partial charge in [-0.3, -0.25) is 10.1 Å². The summed E-state index contributed by atoms with van der Waals surface area (Å²) in [5.74, 6) is 0.621. The van der Waals surface area contributed by atoms with Gasteiger partial charge < -0.3 is 10.3 Å². The maximum absolute atomic E-state index is 4.98. The Morgan fingerprint density at radius 2 is 1.70 bits per heavy atom. The largest absolute Gasteiger partial charge is 0.335 e. The topological polar surface area (TPSA) is 108 Å². The predicted molar refractivity (Wildman–Crippen MR) is 157 cm³/mol.